The zero-order valence-corrected chi connectivity index (χ0v) is 8.97. The Bertz CT molecular complexity index is 537. The first-order valence-corrected chi connectivity index (χ1v) is 5.06. The summed E-state index contributed by atoms with van der Waals surface area (Å²) >= 11 is 0. The first-order chi connectivity index (χ1) is 8.29. The molecule has 0 atom stereocenters. The molecular formula is C12H10N4O. The average molecular weight is 226 g/mol. The van der Waals surface area contributed by atoms with Crippen LogP contribution in [0.15, 0.2) is 36.5 Å². The second kappa shape index (κ2) is 4.94. The van der Waals surface area contributed by atoms with E-state index in [1.165, 1.54) is 6.20 Å². The van der Waals surface area contributed by atoms with Crippen molar-refractivity contribution in [3.05, 3.63) is 53.3 Å². The third kappa shape index (κ3) is 2.69. The van der Waals surface area contributed by atoms with Crippen LogP contribution < -0.4 is 5.32 Å². The lowest BCUT2D eigenvalue weighted by Crippen LogP contribution is -2.23. The number of H-pyrrole nitrogens is 1. The number of amides is 1. The fraction of sp³-hybridized carbons (Fsp3) is 0.0833. The minimum absolute atomic E-state index is 0.202. The molecule has 1 heterocycles. The molecule has 84 valence electrons. The lowest BCUT2D eigenvalue weighted by Gasteiger charge is -2.03. The van der Waals surface area contributed by atoms with Crippen molar-refractivity contribution in [2.45, 2.75) is 6.54 Å². The van der Waals surface area contributed by atoms with Gasteiger partial charge in [-0.15, -0.1) is 0 Å². The average Bonchev–Trinajstić information content (AvgIpc) is 2.90. The number of carbonyl (C=O) groups is 1. The number of nitrogens with one attached hydrogen (secondary N) is 2. The van der Waals surface area contributed by atoms with Crippen molar-refractivity contribution in [2.75, 3.05) is 0 Å². The summed E-state index contributed by atoms with van der Waals surface area (Å²) in [5.41, 5.74) is 1.98. The monoisotopic (exact) mass is 226 g/mol. The van der Waals surface area contributed by atoms with Gasteiger partial charge in [-0.05, 0) is 23.8 Å². The van der Waals surface area contributed by atoms with E-state index in [0.29, 0.717) is 17.8 Å². The van der Waals surface area contributed by atoms with Crippen molar-refractivity contribution < 1.29 is 4.79 Å². The Hall–Kier alpha value is -2.61. The maximum absolute atomic E-state index is 11.6. The number of aromatic nitrogens is 2. The third-order valence-electron chi connectivity index (χ3n) is 2.28. The van der Waals surface area contributed by atoms with Gasteiger partial charge in [0.15, 0.2) is 0 Å². The summed E-state index contributed by atoms with van der Waals surface area (Å²) in [4.78, 5) is 11.6. The van der Waals surface area contributed by atoms with Gasteiger partial charge >= 0.3 is 0 Å². The zero-order chi connectivity index (χ0) is 12.1. The van der Waals surface area contributed by atoms with E-state index in [-0.39, 0.29) is 5.91 Å². The summed E-state index contributed by atoms with van der Waals surface area (Å²) in [6.45, 7) is 0.420. The SMILES string of the molecule is N#Cc1ccc(CNC(=O)c2ccn[nH]2)cc1. The minimum atomic E-state index is -0.202. The highest BCUT2D eigenvalue weighted by molar-refractivity contribution is 5.91. The van der Waals surface area contributed by atoms with Gasteiger partial charge in [0.05, 0.1) is 11.6 Å². The van der Waals surface area contributed by atoms with Crippen LogP contribution in [-0.2, 0) is 6.54 Å². The van der Waals surface area contributed by atoms with Crippen molar-refractivity contribution in [1.29, 1.82) is 5.26 Å². The van der Waals surface area contributed by atoms with Gasteiger partial charge in [0, 0.05) is 12.7 Å². The van der Waals surface area contributed by atoms with E-state index in [0.717, 1.165) is 5.56 Å². The molecule has 0 radical (unpaired) electrons. The van der Waals surface area contributed by atoms with Crippen LogP contribution >= 0.6 is 0 Å². The van der Waals surface area contributed by atoms with Gasteiger partial charge in [0.1, 0.15) is 5.69 Å². The molecule has 0 unspecified atom stereocenters. The maximum atomic E-state index is 11.6. The van der Waals surface area contributed by atoms with Crippen LogP contribution in [0.1, 0.15) is 21.6 Å². The third-order valence-corrected chi connectivity index (χ3v) is 2.28. The smallest absolute Gasteiger partial charge is 0.269 e. The molecule has 5 nitrogen and oxygen atoms in total. The molecule has 1 aromatic heterocycles. The van der Waals surface area contributed by atoms with Gasteiger partial charge in [-0.25, -0.2) is 0 Å². The molecule has 5 heteroatoms. The first kappa shape index (κ1) is 10.9. The van der Waals surface area contributed by atoms with Gasteiger partial charge in [-0.3, -0.25) is 9.89 Å². The molecule has 2 rings (SSSR count). The second-order valence-corrected chi connectivity index (χ2v) is 3.46. The van der Waals surface area contributed by atoms with Gasteiger partial charge in [0.25, 0.3) is 5.91 Å². The van der Waals surface area contributed by atoms with Crippen LogP contribution in [0.4, 0.5) is 0 Å². The van der Waals surface area contributed by atoms with Gasteiger partial charge in [-0.2, -0.15) is 10.4 Å². The normalized spacial score (nSPS) is 9.59. The fourth-order valence-corrected chi connectivity index (χ4v) is 1.36. The molecule has 0 saturated carbocycles. The molecule has 0 bridgehead atoms. The van der Waals surface area contributed by atoms with Crippen molar-refractivity contribution in [3.8, 4) is 6.07 Å². The minimum Gasteiger partial charge on any atom is -0.347 e. The summed E-state index contributed by atoms with van der Waals surface area (Å²) in [6.07, 6.45) is 1.52. The highest BCUT2D eigenvalue weighted by Crippen LogP contribution is 2.03. The van der Waals surface area contributed by atoms with E-state index in [9.17, 15) is 4.79 Å². The molecule has 0 aliphatic rings. The maximum Gasteiger partial charge on any atom is 0.269 e. The fourth-order valence-electron chi connectivity index (χ4n) is 1.36. The molecule has 0 aliphatic heterocycles. The Balaban J connectivity index is 1.94. The van der Waals surface area contributed by atoms with Crippen LogP contribution in [0.3, 0.4) is 0 Å². The molecule has 0 spiro atoms. The van der Waals surface area contributed by atoms with Crippen LogP contribution in [0.2, 0.25) is 0 Å². The number of rotatable bonds is 3. The lowest BCUT2D eigenvalue weighted by molar-refractivity contribution is 0.0946. The standard InChI is InChI=1S/C12H10N4O/c13-7-9-1-3-10(4-2-9)8-14-12(17)11-5-6-15-16-11/h1-6H,8H2,(H,14,17)(H,15,16). The van der Waals surface area contributed by atoms with Crippen molar-refractivity contribution in [2.24, 2.45) is 0 Å². The molecule has 2 N–H and O–H groups in total. The van der Waals surface area contributed by atoms with Gasteiger partial charge in [0.2, 0.25) is 0 Å². The molecule has 0 fully saturated rings. The zero-order valence-electron chi connectivity index (χ0n) is 8.97. The van der Waals surface area contributed by atoms with E-state index in [1.54, 1.807) is 18.2 Å². The number of hydrogen-bond acceptors (Lipinski definition) is 3. The summed E-state index contributed by atoms with van der Waals surface area (Å²) in [6, 6.07) is 10.7. The summed E-state index contributed by atoms with van der Waals surface area (Å²) in [5.74, 6) is -0.202. The van der Waals surface area contributed by atoms with Crippen molar-refractivity contribution in [1.82, 2.24) is 15.5 Å². The highest BCUT2D eigenvalue weighted by Gasteiger charge is 2.05. The summed E-state index contributed by atoms with van der Waals surface area (Å²) < 4.78 is 0. The molecule has 0 aliphatic carbocycles. The van der Waals surface area contributed by atoms with Crippen molar-refractivity contribution >= 4 is 5.91 Å². The largest absolute Gasteiger partial charge is 0.347 e. The van der Waals surface area contributed by atoms with E-state index >= 15 is 0 Å². The number of nitriles is 1. The van der Waals surface area contributed by atoms with E-state index in [2.05, 4.69) is 15.5 Å². The molecule has 1 aromatic carbocycles. The van der Waals surface area contributed by atoms with E-state index < -0.39 is 0 Å². The van der Waals surface area contributed by atoms with E-state index in [1.807, 2.05) is 18.2 Å². The summed E-state index contributed by atoms with van der Waals surface area (Å²) in [7, 11) is 0. The number of carbonyl (C=O) groups excluding carboxylic acids is 1. The molecule has 1 amide bonds. The molecule has 2 aromatic rings. The van der Waals surface area contributed by atoms with E-state index in [4.69, 9.17) is 5.26 Å². The second-order valence-electron chi connectivity index (χ2n) is 3.46. The predicted molar refractivity (Wildman–Crippen MR) is 60.9 cm³/mol. The van der Waals surface area contributed by atoms with Crippen LogP contribution in [0.5, 0.6) is 0 Å². The van der Waals surface area contributed by atoms with Crippen LogP contribution in [0, 0.1) is 11.3 Å². The number of hydrogen-bond donors (Lipinski definition) is 2. The summed E-state index contributed by atoms with van der Waals surface area (Å²) in [5, 5.41) is 17.7. The highest BCUT2D eigenvalue weighted by atomic mass is 16.1. The van der Waals surface area contributed by atoms with Gasteiger partial charge in [-0.1, -0.05) is 12.1 Å². The quantitative estimate of drug-likeness (QED) is 0.825. The van der Waals surface area contributed by atoms with Gasteiger partial charge < -0.3 is 5.32 Å². The van der Waals surface area contributed by atoms with Crippen LogP contribution in [-0.4, -0.2) is 16.1 Å². The molecule has 0 saturated heterocycles. The lowest BCUT2D eigenvalue weighted by atomic mass is 10.1. The Morgan fingerprint density at radius 3 is 2.71 bits per heavy atom. The first-order valence-electron chi connectivity index (χ1n) is 5.06. The van der Waals surface area contributed by atoms with Crippen molar-refractivity contribution in [3.63, 3.8) is 0 Å². The Morgan fingerprint density at radius 1 is 1.35 bits per heavy atom. The topological polar surface area (TPSA) is 81.6 Å². The Labute approximate surface area is 98.1 Å². The molecule has 17 heavy (non-hydrogen) atoms. The Kier molecular flexibility index (Phi) is 3.17. The Morgan fingerprint density at radius 2 is 2.12 bits per heavy atom. The number of aromatic amines is 1. The predicted octanol–water partition coefficient (Wildman–Crippen LogP) is 1.21. The number of nitrogens with zero attached hydrogens (tertiary/aromatic N) is 2. The molecular weight excluding hydrogens is 216 g/mol. The van der Waals surface area contributed by atoms with Crippen LogP contribution in [0.25, 0.3) is 0 Å². The number of benzene rings is 1.